The molecule has 0 saturated carbocycles. The van der Waals surface area contributed by atoms with Crippen LogP contribution in [0.5, 0.6) is 0 Å². The van der Waals surface area contributed by atoms with E-state index in [2.05, 4.69) is 29.6 Å². The second-order valence-corrected chi connectivity index (χ2v) is 8.62. The third kappa shape index (κ3) is 3.00. The van der Waals surface area contributed by atoms with Crippen LogP contribution in [0, 0.1) is 5.92 Å². The van der Waals surface area contributed by atoms with Crippen molar-refractivity contribution in [3.8, 4) is 0 Å². The number of carbonyl (C=O) groups is 2. The van der Waals surface area contributed by atoms with E-state index in [1.165, 1.54) is 27.8 Å². The predicted octanol–water partition coefficient (Wildman–Crippen LogP) is 4.49. The van der Waals surface area contributed by atoms with Crippen LogP contribution < -0.4 is 5.32 Å². The number of rotatable bonds is 3. The molecule has 1 aliphatic heterocycles. The molecule has 1 fully saturated rings. The summed E-state index contributed by atoms with van der Waals surface area (Å²) in [5.74, 6) is -0.110. The van der Waals surface area contributed by atoms with Crippen LogP contribution in [0.25, 0.3) is 10.8 Å². The van der Waals surface area contributed by atoms with Crippen LogP contribution in [0.1, 0.15) is 33.6 Å². The van der Waals surface area contributed by atoms with Gasteiger partial charge < -0.3 is 10.2 Å². The van der Waals surface area contributed by atoms with E-state index in [4.69, 9.17) is 0 Å². The van der Waals surface area contributed by atoms with Gasteiger partial charge in [-0.3, -0.25) is 9.59 Å². The molecule has 28 heavy (non-hydrogen) atoms. The number of thiophene rings is 1. The topological polar surface area (TPSA) is 49.4 Å². The number of aryl methyl sites for hydroxylation is 2. The average molecular weight is 391 g/mol. The maximum Gasteiger partial charge on any atom is 0.263 e. The molecule has 5 rings (SSSR count). The first-order chi connectivity index (χ1) is 13.7. The molecule has 0 radical (unpaired) electrons. The molecule has 2 heterocycles. The van der Waals surface area contributed by atoms with Crippen molar-refractivity contribution in [1.82, 2.24) is 4.90 Å². The quantitative estimate of drug-likeness (QED) is 0.716. The number of likely N-dealkylation sites (tertiary alicyclic amines) is 1. The summed E-state index contributed by atoms with van der Waals surface area (Å²) in [5.41, 5.74) is 3.62. The molecule has 3 aromatic rings. The Balaban J connectivity index is 1.35. The Hall–Kier alpha value is -2.66. The SMILES string of the molecule is O=C(Nc1ccc2c3c(cccc13)CC2)C1CCCN(C(=O)c2cccs2)C1. The first-order valence-electron chi connectivity index (χ1n) is 9.88. The van der Waals surface area contributed by atoms with E-state index in [1.54, 1.807) is 0 Å². The summed E-state index contributed by atoms with van der Waals surface area (Å²) in [7, 11) is 0. The van der Waals surface area contributed by atoms with E-state index >= 15 is 0 Å². The van der Waals surface area contributed by atoms with E-state index in [-0.39, 0.29) is 17.7 Å². The number of piperidine rings is 1. The van der Waals surface area contributed by atoms with Gasteiger partial charge in [0.1, 0.15) is 0 Å². The predicted molar refractivity (Wildman–Crippen MR) is 113 cm³/mol. The Morgan fingerprint density at radius 2 is 1.89 bits per heavy atom. The van der Waals surface area contributed by atoms with Crippen molar-refractivity contribution in [2.45, 2.75) is 25.7 Å². The Morgan fingerprint density at radius 1 is 1.04 bits per heavy atom. The normalized spacial score (nSPS) is 18.4. The molecule has 0 bridgehead atoms. The van der Waals surface area contributed by atoms with Gasteiger partial charge in [-0.2, -0.15) is 0 Å². The van der Waals surface area contributed by atoms with E-state index in [0.717, 1.165) is 48.2 Å². The van der Waals surface area contributed by atoms with Crippen molar-refractivity contribution in [1.29, 1.82) is 0 Å². The smallest absolute Gasteiger partial charge is 0.263 e. The molecule has 0 spiro atoms. The minimum Gasteiger partial charge on any atom is -0.337 e. The Labute approximate surface area is 168 Å². The Kier molecular flexibility index (Phi) is 4.40. The lowest BCUT2D eigenvalue weighted by Crippen LogP contribution is -2.43. The summed E-state index contributed by atoms with van der Waals surface area (Å²) < 4.78 is 0. The van der Waals surface area contributed by atoms with E-state index < -0.39 is 0 Å². The van der Waals surface area contributed by atoms with Gasteiger partial charge in [0.15, 0.2) is 0 Å². The number of hydrogen-bond acceptors (Lipinski definition) is 3. The summed E-state index contributed by atoms with van der Waals surface area (Å²) in [6, 6.07) is 14.3. The van der Waals surface area contributed by atoms with Crippen LogP contribution in [0.15, 0.2) is 47.8 Å². The molecule has 2 aliphatic rings. The Morgan fingerprint density at radius 3 is 2.71 bits per heavy atom. The third-order valence-electron chi connectivity index (χ3n) is 5.95. The van der Waals surface area contributed by atoms with Gasteiger partial charge in [-0.15, -0.1) is 11.3 Å². The fourth-order valence-corrected chi connectivity index (χ4v) is 5.21. The molecule has 1 aliphatic carbocycles. The monoisotopic (exact) mass is 390 g/mol. The van der Waals surface area contributed by atoms with Gasteiger partial charge in [0, 0.05) is 24.2 Å². The largest absolute Gasteiger partial charge is 0.337 e. The van der Waals surface area contributed by atoms with Crippen LogP contribution in [0.4, 0.5) is 5.69 Å². The highest BCUT2D eigenvalue weighted by Gasteiger charge is 2.29. The number of benzene rings is 2. The van der Waals surface area contributed by atoms with Crippen molar-refractivity contribution < 1.29 is 9.59 Å². The second-order valence-electron chi connectivity index (χ2n) is 7.67. The molecule has 1 N–H and O–H groups in total. The highest BCUT2D eigenvalue weighted by Crippen LogP contribution is 2.35. The van der Waals surface area contributed by atoms with Gasteiger partial charge in [-0.1, -0.05) is 30.3 Å². The van der Waals surface area contributed by atoms with Crippen LogP contribution >= 0.6 is 11.3 Å². The third-order valence-corrected chi connectivity index (χ3v) is 6.80. The van der Waals surface area contributed by atoms with Gasteiger partial charge in [-0.25, -0.2) is 0 Å². The van der Waals surface area contributed by atoms with Crippen LogP contribution in [0.3, 0.4) is 0 Å². The number of amides is 2. The lowest BCUT2D eigenvalue weighted by atomic mass is 9.96. The summed E-state index contributed by atoms with van der Waals surface area (Å²) in [6.45, 7) is 1.21. The van der Waals surface area contributed by atoms with Crippen molar-refractivity contribution in [2.75, 3.05) is 18.4 Å². The van der Waals surface area contributed by atoms with Gasteiger partial charge >= 0.3 is 0 Å². The van der Waals surface area contributed by atoms with E-state index in [1.807, 2.05) is 28.5 Å². The molecular formula is C23H22N2O2S. The summed E-state index contributed by atoms with van der Waals surface area (Å²) in [5, 5.41) is 7.50. The van der Waals surface area contributed by atoms with Crippen LogP contribution in [-0.4, -0.2) is 29.8 Å². The molecule has 1 saturated heterocycles. The number of carbonyl (C=O) groups excluding carboxylic acids is 2. The van der Waals surface area contributed by atoms with Gasteiger partial charge in [0.25, 0.3) is 5.91 Å². The van der Waals surface area contributed by atoms with Crippen LogP contribution in [0.2, 0.25) is 0 Å². The molecule has 5 heteroatoms. The number of hydrogen-bond donors (Lipinski definition) is 1. The maximum absolute atomic E-state index is 13.0. The average Bonchev–Trinajstić information content (AvgIpc) is 3.41. The molecule has 2 amide bonds. The molecular weight excluding hydrogens is 368 g/mol. The Bertz CT molecular complexity index is 1050. The number of nitrogens with one attached hydrogen (secondary N) is 1. The first-order valence-corrected chi connectivity index (χ1v) is 10.8. The molecule has 142 valence electrons. The van der Waals surface area contributed by atoms with Crippen molar-refractivity contribution in [3.63, 3.8) is 0 Å². The minimum atomic E-state index is -0.166. The standard InChI is InChI=1S/C23H22N2O2S/c26-22(17-5-2-12-25(14-17)23(27)20-7-3-13-28-20)24-19-11-10-16-9-8-15-4-1-6-18(19)21(15)16/h1,3-4,6-7,10-11,13,17H,2,5,8-9,12,14H2,(H,24,26). The maximum atomic E-state index is 13.0. The highest BCUT2D eigenvalue weighted by molar-refractivity contribution is 7.12. The molecule has 4 nitrogen and oxygen atoms in total. The lowest BCUT2D eigenvalue weighted by molar-refractivity contribution is -0.121. The zero-order valence-electron chi connectivity index (χ0n) is 15.6. The highest BCUT2D eigenvalue weighted by atomic mass is 32.1. The fourth-order valence-electron chi connectivity index (χ4n) is 4.52. The molecule has 2 aromatic carbocycles. The zero-order valence-corrected chi connectivity index (χ0v) is 16.4. The van der Waals surface area contributed by atoms with Crippen LogP contribution in [-0.2, 0) is 17.6 Å². The van der Waals surface area contributed by atoms with Crippen molar-refractivity contribution >= 4 is 39.6 Å². The number of anilines is 1. The van der Waals surface area contributed by atoms with E-state index in [0.29, 0.717) is 6.54 Å². The minimum absolute atomic E-state index is 0.0161. The van der Waals surface area contributed by atoms with Crippen molar-refractivity contribution in [2.24, 2.45) is 5.92 Å². The fraction of sp³-hybridized carbons (Fsp3) is 0.304. The molecule has 1 aromatic heterocycles. The summed E-state index contributed by atoms with van der Waals surface area (Å²) >= 11 is 1.46. The van der Waals surface area contributed by atoms with Gasteiger partial charge in [0.05, 0.1) is 10.8 Å². The van der Waals surface area contributed by atoms with Gasteiger partial charge in [-0.05, 0) is 59.7 Å². The summed E-state index contributed by atoms with van der Waals surface area (Å²) in [4.78, 5) is 28.2. The zero-order chi connectivity index (χ0) is 19.1. The molecule has 1 atom stereocenters. The second kappa shape index (κ2) is 7.06. The van der Waals surface area contributed by atoms with Gasteiger partial charge in [0.2, 0.25) is 5.91 Å². The summed E-state index contributed by atoms with van der Waals surface area (Å²) in [6.07, 6.45) is 3.83. The van der Waals surface area contributed by atoms with Crippen molar-refractivity contribution in [3.05, 3.63) is 63.8 Å². The lowest BCUT2D eigenvalue weighted by Gasteiger charge is -2.31. The van der Waals surface area contributed by atoms with E-state index in [9.17, 15) is 9.59 Å². The molecule has 1 unspecified atom stereocenters. The first kappa shape index (κ1) is 17.4. The number of nitrogens with zero attached hydrogens (tertiary/aromatic N) is 1.